The number of nitrogens with zero attached hydrogens (tertiary/aromatic N) is 1. The van der Waals surface area contributed by atoms with Crippen LogP contribution >= 0.6 is 0 Å². The summed E-state index contributed by atoms with van der Waals surface area (Å²) in [6.07, 6.45) is -4.77. The molecule has 0 bridgehead atoms. The zero-order chi connectivity index (χ0) is 13.1. The van der Waals surface area contributed by atoms with Crippen LogP contribution in [-0.4, -0.2) is 30.9 Å². The van der Waals surface area contributed by atoms with Gasteiger partial charge in [-0.15, -0.1) is 0 Å². The van der Waals surface area contributed by atoms with Crippen molar-refractivity contribution in [1.82, 2.24) is 0 Å². The first kappa shape index (κ1) is 13.5. The second-order valence-electron chi connectivity index (χ2n) is 3.45. The zero-order valence-electron chi connectivity index (χ0n) is 8.91. The highest BCUT2D eigenvalue weighted by Gasteiger charge is 2.70. The van der Waals surface area contributed by atoms with Crippen LogP contribution in [0.25, 0.3) is 0 Å². The summed E-state index contributed by atoms with van der Waals surface area (Å²) < 4.78 is 41.6. The Hall–Kier alpha value is -1.60. The molecular weight excluding hydrogens is 243 g/mol. The molecule has 0 saturated heterocycles. The van der Waals surface area contributed by atoms with Crippen LogP contribution in [0.2, 0.25) is 0 Å². The summed E-state index contributed by atoms with van der Waals surface area (Å²) in [4.78, 5) is 25.8. The molecule has 1 fully saturated rings. The third-order valence-electron chi connectivity index (χ3n) is 2.26. The van der Waals surface area contributed by atoms with E-state index < -0.39 is 23.5 Å². The molecule has 0 heterocycles. The Bertz CT molecular complexity index is 347. The number of esters is 1. The lowest BCUT2D eigenvalue weighted by atomic mass is 10.1. The number of halogens is 3. The summed E-state index contributed by atoms with van der Waals surface area (Å²) >= 11 is 0. The monoisotopic (exact) mass is 253 g/mol. The molecule has 0 aromatic carbocycles. The SMILES string of the molecule is CCOC(=O)C=NOC(=O)C1(C(F)(F)F)CC1. The Morgan fingerprint density at radius 3 is 2.41 bits per heavy atom. The van der Waals surface area contributed by atoms with E-state index in [2.05, 4.69) is 14.7 Å². The van der Waals surface area contributed by atoms with Crippen LogP contribution in [0.5, 0.6) is 0 Å². The number of hydrogen-bond acceptors (Lipinski definition) is 5. The fourth-order valence-electron chi connectivity index (χ4n) is 1.11. The van der Waals surface area contributed by atoms with Crippen LogP contribution in [0.15, 0.2) is 5.16 Å². The van der Waals surface area contributed by atoms with Crippen molar-refractivity contribution in [2.75, 3.05) is 6.61 Å². The maximum atomic E-state index is 12.4. The second kappa shape index (κ2) is 4.72. The predicted molar refractivity (Wildman–Crippen MR) is 48.9 cm³/mol. The van der Waals surface area contributed by atoms with E-state index >= 15 is 0 Å². The van der Waals surface area contributed by atoms with Crippen molar-refractivity contribution in [3.63, 3.8) is 0 Å². The Balaban J connectivity index is 2.49. The van der Waals surface area contributed by atoms with Crippen LogP contribution in [0.4, 0.5) is 13.2 Å². The molecule has 96 valence electrons. The molecule has 8 heteroatoms. The van der Waals surface area contributed by atoms with Gasteiger partial charge >= 0.3 is 18.1 Å². The minimum atomic E-state index is -4.65. The summed E-state index contributed by atoms with van der Waals surface area (Å²) in [5, 5.41) is 2.86. The highest BCUT2D eigenvalue weighted by Crippen LogP contribution is 2.58. The smallest absolute Gasteiger partial charge is 0.405 e. The Kier molecular flexibility index (Phi) is 3.74. The molecule has 1 aliphatic rings. The fourth-order valence-corrected chi connectivity index (χ4v) is 1.11. The molecule has 0 atom stereocenters. The van der Waals surface area contributed by atoms with Crippen molar-refractivity contribution in [2.45, 2.75) is 25.9 Å². The van der Waals surface area contributed by atoms with E-state index in [4.69, 9.17) is 0 Å². The van der Waals surface area contributed by atoms with Crippen molar-refractivity contribution in [2.24, 2.45) is 10.6 Å². The lowest BCUT2D eigenvalue weighted by molar-refractivity contribution is -0.206. The van der Waals surface area contributed by atoms with Crippen LogP contribution in [0.1, 0.15) is 19.8 Å². The summed E-state index contributed by atoms with van der Waals surface area (Å²) in [6.45, 7) is 1.63. The van der Waals surface area contributed by atoms with Crippen LogP contribution in [-0.2, 0) is 19.2 Å². The molecule has 0 aliphatic heterocycles. The van der Waals surface area contributed by atoms with Gasteiger partial charge in [0.05, 0.1) is 6.61 Å². The van der Waals surface area contributed by atoms with Gasteiger partial charge in [0, 0.05) is 0 Å². The number of carbonyl (C=O) groups is 2. The van der Waals surface area contributed by atoms with Crippen LogP contribution in [0.3, 0.4) is 0 Å². The minimum Gasteiger partial charge on any atom is -0.462 e. The first-order valence-electron chi connectivity index (χ1n) is 4.82. The molecule has 1 aliphatic carbocycles. The largest absolute Gasteiger partial charge is 0.462 e. The zero-order valence-corrected chi connectivity index (χ0v) is 8.91. The highest BCUT2D eigenvalue weighted by molar-refractivity contribution is 6.23. The van der Waals surface area contributed by atoms with E-state index in [0.29, 0.717) is 6.21 Å². The Labute approximate surface area is 94.5 Å². The third kappa shape index (κ3) is 2.95. The third-order valence-corrected chi connectivity index (χ3v) is 2.26. The number of rotatable bonds is 4. The highest BCUT2D eigenvalue weighted by atomic mass is 19.4. The first-order chi connectivity index (χ1) is 7.83. The quantitative estimate of drug-likeness (QED) is 0.329. The summed E-state index contributed by atoms with van der Waals surface area (Å²) in [5.74, 6) is -2.39. The number of alkyl halides is 3. The van der Waals surface area contributed by atoms with E-state index in [1.807, 2.05) is 0 Å². The normalized spacial score (nSPS) is 17.9. The van der Waals surface area contributed by atoms with E-state index in [1.165, 1.54) is 0 Å². The van der Waals surface area contributed by atoms with Gasteiger partial charge in [0.25, 0.3) is 0 Å². The standard InChI is InChI=1S/C9H10F3NO4/c1-2-16-6(14)5-13-17-7(15)8(3-4-8)9(10,11)12/h5H,2-4H2,1H3. The maximum Gasteiger partial charge on any atom is 0.405 e. The lowest BCUT2D eigenvalue weighted by Crippen LogP contribution is -2.33. The topological polar surface area (TPSA) is 65.0 Å². The molecule has 0 amide bonds. The second-order valence-corrected chi connectivity index (χ2v) is 3.45. The summed E-state index contributed by atoms with van der Waals surface area (Å²) in [5.41, 5.74) is -2.45. The van der Waals surface area contributed by atoms with E-state index in [1.54, 1.807) is 6.92 Å². The molecule has 0 spiro atoms. The van der Waals surface area contributed by atoms with Gasteiger partial charge in [-0.25, -0.2) is 9.59 Å². The molecule has 17 heavy (non-hydrogen) atoms. The van der Waals surface area contributed by atoms with Gasteiger partial charge in [0.15, 0.2) is 11.6 Å². The molecule has 0 aromatic rings. The van der Waals surface area contributed by atoms with E-state index in [0.717, 1.165) is 0 Å². The van der Waals surface area contributed by atoms with E-state index in [9.17, 15) is 22.8 Å². The van der Waals surface area contributed by atoms with Crippen molar-refractivity contribution >= 4 is 18.2 Å². The van der Waals surface area contributed by atoms with Crippen molar-refractivity contribution < 1.29 is 32.3 Å². The van der Waals surface area contributed by atoms with Gasteiger partial charge in [-0.05, 0) is 19.8 Å². The first-order valence-corrected chi connectivity index (χ1v) is 4.82. The number of hydrogen-bond donors (Lipinski definition) is 0. The number of oxime groups is 1. The predicted octanol–water partition coefficient (Wildman–Crippen LogP) is 1.42. The Morgan fingerprint density at radius 1 is 1.41 bits per heavy atom. The average Bonchev–Trinajstić information content (AvgIpc) is 2.97. The molecule has 0 unspecified atom stereocenters. The molecule has 0 radical (unpaired) electrons. The van der Waals surface area contributed by atoms with E-state index in [-0.39, 0.29) is 19.4 Å². The fraction of sp³-hybridized carbons (Fsp3) is 0.667. The van der Waals surface area contributed by atoms with Crippen molar-refractivity contribution in [3.05, 3.63) is 0 Å². The van der Waals surface area contributed by atoms with Gasteiger partial charge in [0.1, 0.15) is 0 Å². The average molecular weight is 253 g/mol. The summed E-state index contributed by atoms with van der Waals surface area (Å²) in [7, 11) is 0. The molecule has 5 nitrogen and oxygen atoms in total. The molecular formula is C9H10F3NO4. The number of ether oxygens (including phenoxy) is 1. The van der Waals surface area contributed by atoms with Gasteiger partial charge in [-0.3, -0.25) is 0 Å². The lowest BCUT2D eigenvalue weighted by Gasteiger charge is -2.14. The molecule has 0 aromatic heterocycles. The van der Waals surface area contributed by atoms with Gasteiger partial charge in [-0.1, -0.05) is 5.16 Å². The minimum absolute atomic E-state index is 0.0886. The maximum absolute atomic E-state index is 12.4. The number of carbonyl (C=O) groups excluding carboxylic acids is 2. The molecule has 1 rings (SSSR count). The molecule has 1 saturated carbocycles. The van der Waals surface area contributed by atoms with Crippen LogP contribution in [0, 0.1) is 5.41 Å². The summed E-state index contributed by atoms with van der Waals surface area (Å²) in [6, 6.07) is 0. The van der Waals surface area contributed by atoms with Gasteiger partial charge < -0.3 is 9.57 Å². The van der Waals surface area contributed by atoms with Gasteiger partial charge in [0.2, 0.25) is 0 Å². The van der Waals surface area contributed by atoms with Gasteiger partial charge in [-0.2, -0.15) is 13.2 Å². The van der Waals surface area contributed by atoms with Crippen molar-refractivity contribution in [3.8, 4) is 0 Å². The van der Waals surface area contributed by atoms with Crippen molar-refractivity contribution in [1.29, 1.82) is 0 Å². The molecule has 0 N–H and O–H groups in total. The Morgan fingerprint density at radius 2 is 2.00 bits per heavy atom. The van der Waals surface area contributed by atoms with Crippen LogP contribution < -0.4 is 0 Å².